The zero-order chi connectivity index (χ0) is 10.4. The minimum atomic E-state index is 0.238. The Hall–Kier alpha value is -0.550. The Morgan fingerprint density at radius 2 is 2.36 bits per heavy atom. The summed E-state index contributed by atoms with van der Waals surface area (Å²) in [4.78, 5) is 4.04. The largest absolute Gasteiger partial charge is 0.311 e. The van der Waals surface area contributed by atoms with Gasteiger partial charge in [0.25, 0.3) is 0 Å². The lowest BCUT2D eigenvalue weighted by molar-refractivity contribution is 0.388. The van der Waals surface area contributed by atoms with E-state index < -0.39 is 0 Å². The maximum Gasteiger partial charge on any atom is 0.183 e. The summed E-state index contributed by atoms with van der Waals surface area (Å²) >= 11 is 1.69. The topological polar surface area (TPSA) is 53.6 Å². The number of thioether (sulfide) groups is 1. The molecule has 1 rings (SSSR count). The molecule has 4 nitrogen and oxygen atoms in total. The van der Waals surface area contributed by atoms with Gasteiger partial charge < -0.3 is 5.32 Å². The maximum atomic E-state index is 4.04. The van der Waals surface area contributed by atoms with Crippen LogP contribution >= 0.6 is 11.8 Å². The van der Waals surface area contributed by atoms with Crippen molar-refractivity contribution in [2.24, 2.45) is 0 Å². The number of aromatic nitrogens is 3. The molecule has 1 aromatic rings. The van der Waals surface area contributed by atoms with E-state index in [0.29, 0.717) is 0 Å². The molecule has 80 valence electrons. The van der Waals surface area contributed by atoms with Crippen molar-refractivity contribution in [2.45, 2.75) is 37.9 Å². The highest BCUT2D eigenvalue weighted by molar-refractivity contribution is 7.99. The normalized spacial score (nSPS) is 11.9. The van der Waals surface area contributed by atoms with E-state index in [1.807, 2.05) is 0 Å². The highest BCUT2D eigenvalue weighted by Gasteiger charge is 2.12. The standard InChI is InChI=1S/C9H18N4S/c1-4-9(2,3)11-5-6-14-8-10-7-12-13-8/h7,11H,4-6H2,1-3H3,(H,10,12,13). The summed E-state index contributed by atoms with van der Waals surface area (Å²) in [5.41, 5.74) is 0.238. The first-order valence-electron chi connectivity index (χ1n) is 4.87. The van der Waals surface area contributed by atoms with Gasteiger partial charge in [-0.25, -0.2) is 4.98 Å². The third kappa shape index (κ3) is 4.11. The van der Waals surface area contributed by atoms with Crippen LogP contribution in [-0.2, 0) is 0 Å². The Bertz CT molecular complexity index is 245. The van der Waals surface area contributed by atoms with Gasteiger partial charge in [0, 0.05) is 17.8 Å². The van der Waals surface area contributed by atoms with Crippen LogP contribution in [0, 0.1) is 0 Å². The third-order valence-corrected chi connectivity index (χ3v) is 3.10. The molecule has 0 bridgehead atoms. The van der Waals surface area contributed by atoms with Crippen LogP contribution in [0.1, 0.15) is 27.2 Å². The molecule has 0 saturated heterocycles. The van der Waals surface area contributed by atoms with Crippen LogP contribution < -0.4 is 5.32 Å². The molecule has 1 aromatic heterocycles. The molecule has 0 atom stereocenters. The predicted molar refractivity (Wildman–Crippen MR) is 59.5 cm³/mol. The fourth-order valence-corrected chi connectivity index (χ4v) is 1.56. The van der Waals surface area contributed by atoms with E-state index in [1.54, 1.807) is 11.8 Å². The molecule has 0 aromatic carbocycles. The quantitative estimate of drug-likeness (QED) is 0.559. The first kappa shape index (κ1) is 11.5. The molecule has 0 aliphatic heterocycles. The van der Waals surface area contributed by atoms with Gasteiger partial charge in [0.15, 0.2) is 5.16 Å². The van der Waals surface area contributed by atoms with E-state index >= 15 is 0 Å². The molecule has 1 heterocycles. The van der Waals surface area contributed by atoms with E-state index in [2.05, 4.69) is 41.3 Å². The summed E-state index contributed by atoms with van der Waals surface area (Å²) in [7, 11) is 0. The number of H-pyrrole nitrogens is 1. The molecule has 0 fully saturated rings. The van der Waals surface area contributed by atoms with E-state index in [1.165, 1.54) is 6.33 Å². The highest BCUT2D eigenvalue weighted by Crippen LogP contribution is 2.11. The van der Waals surface area contributed by atoms with Gasteiger partial charge in [-0.2, -0.15) is 5.10 Å². The van der Waals surface area contributed by atoms with E-state index in [-0.39, 0.29) is 5.54 Å². The Balaban J connectivity index is 2.11. The average Bonchev–Trinajstić information content (AvgIpc) is 2.65. The van der Waals surface area contributed by atoms with Crippen molar-refractivity contribution in [3.05, 3.63) is 6.33 Å². The van der Waals surface area contributed by atoms with Crippen molar-refractivity contribution >= 4 is 11.8 Å². The number of hydrogen-bond donors (Lipinski definition) is 2. The number of nitrogens with zero attached hydrogens (tertiary/aromatic N) is 2. The van der Waals surface area contributed by atoms with E-state index in [4.69, 9.17) is 0 Å². The van der Waals surface area contributed by atoms with Crippen molar-refractivity contribution in [3.8, 4) is 0 Å². The highest BCUT2D eigenvalue weighted by atomic mass is 32.2. The second-order valence-corrected chi connectivity index (χ2v) is 4.89. The van der Waals surface area contributed by atoms with Crippen molar-refractivity contribution in [3.63, 3.8) is 0 Å². The van der Waals surface area contributed by atoms with Crippen LogP contribution in [0.25, 0.3) is 0 Å². The fraction of sp³-hybridized carbons (Fsp3) is 0.778. The smallest absolute Gasteiger partial charge is 0.183 e. The van der Waals surface area contributed by atoms with Gasteiger partial charge in [-0.1, -0.05) is 18.7 Å². The van der Waals surface area contributed by atoms with Gasteiger partial charge in [0.05, 0.1) is 0 Å². The minimum absolute atomic E-state index is 0.238. The van der Waals surface area contributed by atoms with Crippen LogP contribution in [0.2, 0.25) is 0 Å². The lowest BCUT2D eigenvalue weighted by atomic mass is 10.0. The molecule has 0 amide bonds. The first-order valence-corrected chi connectivity index (χ1v) is 5.86. The molecule has 0 unspecified atom stereocenters. The molecule has 0 spiro atoms. The molecular weight excluding hydrogens is 196 g/mol. The molecule has 0 saturated carbocycles. The number of hydrogen-bond acceptors (Lipinski definition) is 4. The average molecular weight is 214 g/mol. The lowest BCUT2D eigenvalue weighted by Gasteiger charge is -2.24. The summed E-state index contributed by atoms with van der Waals surface area (Å²) in [6, 6.07) is 0. The maximum absolute atomic E-state index is 4.04. The van der Waals surface area contributed by atoms with Crippen molar-refractivity contribution in [1.29, 1.82) is 0 Å². The van der Waals surface area contributed by atoms with Gasteiger partial charge in [-0.15, -0.1) is 0 Å². The van der Waals surface area contributed by atoms with Gasteiger partial charge in [-0.05, 0) is 20.3 Å². The number of nitrogens with one attached hydrogen (secondary N) is 2. The minimum Gasteiger partial charge on any atom is -0.311 e. The second kappa shape index (κ2) is 5.36. The first-order chi connectivity index (χ1) is 6.64. The monoisotopic (exact) mass is 214 g/mol. The lowest BCUT2D eigenvalue weighted by Crippen LogP contribution is -2.39. The second-order valence-electron chi connectivity index (χ2n) is 3.80. The zero-order valence-corrected chi connectivity index (χ0v) is 9.82. The Morgan fingerprint density at radius 3 is 2.93 bits per heavy atom. The SMILES string of the molecule is CCC(C)(C)NCCSc1ncn[nH]1. The molecule has 0 aliphatic rings. The van der Waals surface area contributed by atoms with Gasteiger partial charge in [0.2, 0.25) is 0 Å². The van der Waals surface area contributed by atoms with E-state index in [0.717, 1.165) is 23.9 Å². The molecule has 5 heteroatoms. The van der Waals surface area contributed by atoms with Gasteiger partial charge >= 0.3 is 0 Å². The summed E-state index contributed by atoms with van der Waals surface area (Å²) in [5, 5.41) is 11.0. The number of aromatic amines is 1. The van der Waals surface area contributed by atoms with Crippen LogP contribution in [0.15, 0.2) is 11.5 Å². The third-order valence-electron chi connectivity index (χ3n) is 2.22. The Morgan fingerprint density at radius 1 is 1.57 bits per heavy atom. The van der Waals surface area contributed by atoms with Crippen molar-refractivity contribution in [2.75, 3.05) is 12.3 Å². The Kier molecular flexibility index (Phi) is 4.41. The van der Waals surface area contributed by atoms with Gasteiger partial charge in [-0.3, -0.25) is 5.10 Å². The zero-order valence-electron chi connectivity index (χ0n) is 9.00. The molecular formula is C9H18N4S. The van der Waals surface area contributed by atoms with E-state index in [9.17, 15) is 0 Å². The number of rotatable bonds is 6. The van der Waals surface area contributed by atoms with Crippen LogP contribution in [0.4, 0.5) is 0 Å². The van der Waals surface area contributed by atoms with Crippen LogP contribution in [0.3, 0.4) is 0 Å². The molecule has 14 heavy (non-hydrogen) atoms. The molecule has 0 aliphatic carbocycles. The Labute approximate surface area is 89.3 Å². The summed E-state index contributed by atoms with van der Waals surface area (Å²) in [6.07, 6.45) is 2.67. The van der Waals surface area contributed by atoms with Crippen LogP contribution in [0.5, 0.6) is 0 Å². The summed E-state index contributed by atoms with van der Waals surface area (Å²) < 4.78 is 0. The molecule has 2 N–H and O–H groups in total. The summed E-state index contributed by atoms with van der Waals surface area (Å²) in [5.74, 6) is 1.01. The van der Waals surface area contributed by atoms with Gasteiger partial charge in [0.1, 0.15) is 6.33 Å². The predicted octanol–water partition coefficient (Wildman–Crippen LogP) is 1.67. The van der Waals surface area contributed by atoms with Crippen molar-refractivity contribution in [1.82, 2.24) is 20.5 Å². The molecule has 0 radical (unpaired) electrons. The fourth-order valence-electron chi connectivity index (χ4n) is 0.926. The van der Waals surface area contributed by atoms with Crippen LogP contribution in [-0.4, -0.2) is 33.0 Å². The summed E-state index contributed by atoms with van der Waals surface area (Å²) in [6.45, 7) is 7.61. The van der Waals surface area contributed by atoms with Crippen molar-refractivity contribution < 1.29 is 0 Å².